The molecule has 1 heterocycles. The Labute approximate surface area is 145 Å². The number of nitrogens with one attached hydrogen (secondary N) is 2. The van der Waals surface area contributed by atoms with Crippen molar-refractivity contribution in [1.29, 1.82) is 0 Å². The first kappa shape index (κ1) is 17.9. The summed E-state index contributed by atoms with van der Waals surface area (Å²) in [5.74, 6) is -0.722. The normalized spacial score (nSPS) is 11.6. The van der Waals surface area contributed by atoms with Gasteiger partial charge in [0.15, 0.2) is 0 Å². The summed E-state index contributed by atoms with van der Waals surface area (Å²) >= 11 is 5.99. The van der Waals surface area contributed by atoms with Gasteiger partial charge < -0.3 is 15.4 Å². The largest absolute Gasteiger partial charge is 0.369 e. The van der Waals surface area contributed by atoms with Gasteiger partial charge in [-0.2, -0.15) is 0 Å². The maximum atomic E-state index is 12.5. The number of rotatable bonds is 6. The highest BCUT2D eigenvalue weighted by molar-refractivity contribution is 6.31. The van der Waals surface area contributed by atoms with Crippen LogP contribution in [0, 0.1) is 0 Å². The van der Waals surface area contributed by atoms with Crippen molar-refractivity contribution in [2.24, 2.45) is 0 Å². The number of nitrogens with zero attached hydrogens (tertiary/aromatic N) is 1. The Balaban J connectivity index is 2.21. The molecule has 0 bridgehead atoms. The van der Waals surface area contributed by atoms with Crippen molar-refractivity contribution in [1.82, 2.24) is 4.98 Å². The molecule has 0 saturated heterocycles. The molecule has 0 spiro atoms. The van der Waals surface area contributed by atoms with Gasteiger partial charge in [0.25, 0.3) is 11.8 Å². The maximum absolute atomic E-state index is 12.5. The van der Waals surface area contributed by atoms with Crippen LogP contribution in [0.15, 0.2) is 42.7 Å². The van der Waals surface area contributed by atoms with Crippen LogP contribution >= 0.6 is 11.6 Å². The average molecular weight is 348 g/mol. The van der Waals surface area contributed by atoms with Crippen LogP contribution in [0.3, 0.4) is 0 Å². The van der Waals surface area contributed by atoms with E-state index in [1.165, 1.54) is 6.07 Å². The summed E-state index contributed by atoms with van der Waals surface area (Å²) in [4.78, 5) is 28.5. The molecule has 0 fully saturated rings. The third kappa shape index (κ3) is 4.78. The van der Waals surface area contributed by atoms with E-state index in [-0.39, 0.29) is 17.4 Å². The van der Waals surface area contributed by atoms with Crippen LogP contribution in [0.1, 0.15) is 24.2 Å². The first-order valence-electron chi connectivity index (χ1n) is 7.44. The van der Waals surface area contributed by atoms with Crippen LogP contribution in [0.25, 0.3) is 0 Å². The minimum Gasteiger partial charge on any atom is -0.369 e. The molecule has 6 nitrogen and oxygen atoms in total. The summed E-state index contributed by atoms with van der Waals surface area (Å²) in [7, 11) is 0. The lowest BCUT2D eigenvalue weighted by molar-refractivity contribution is -0.126. The molecule has 2 rings (SSSR count). The molecule has 24 heavy (non-hydrogen) atoms. The molecule has 126 valence electrons. The minimum atomic E-state index is -0.623. The van der Waals surface area contributed by atoms with Gasteiger partial charge in [0.1, 0.15) is 6.10 Å². The van der Waals surface area contributed by atoms with E-state index in [0.29, 0.717) is 23.0 Å². The number of hydrogen-bond donors (Lipinski definition) is 2. The number of hydrogen-bond acceptors (Lipinski definition) is 4. The second kappa shape index (κ2) is 8.42. The average Bonchev–Trinajstić information content (AvgIpc) is 2.57. The van der Waals surface area contributed by atoms with Gasteiger partial charge in [-0.3, -0.25) is 14.6 Å². The number of halogens is 1. The number of pyridine rings is 1. The molecule has 0 aliphatic rings. The summed E-state index contributed by atoms with van der Waals surface area (Å²) < 4.78 is 5.25. The highest BCUT2D eigenvalue weighted by atomic mass is 35.5. The summed E-state index contributed by atoms with van der Waals surface area (Å²) in [6, 6.07) is 8.01. The quantitative estimate of drug-likeness (QED) is 0.839. The molecule has 0 aliphatic carbocycles. The second-order valence-electron chi connectivity index (χ2n) is 4.97. The van der Waals surface area contributed by atoms with Gasteiger partial charge >= 0.3 is 0 Å². The van der Waals surface area contributed by atoms with Crippen molar-refractivity contribution in [3.8, 4) is 0 Å². The van der Waals surface area contributed by atoms with Crippen molar-refractivity contribution in [3.05, 3.63) is 53.3 Å². The molecule has 0 saturated carbocycles. The number of benzene rings is 1. The second-order valence-corrected chi connectivity index (χ2v) is 5.40. The van der Waals surface area contributed by atoms with E-state index >= 15 is 0 Å². The van der Waals surface area contributed by atoms with Crippen LogP contribution in [0.2, 0.25) is 5.02 Å². The SMILES string of the molecule is CCOC(C)C(=O)Nc1ccc(Cl)cc1C(=O)Nc1ccncc1. The molecular formula is C17H18ClN3O3. The molecule has 1 atom stereocenters. The fourth-order valence-electron chi connectivity index (χ4n) is 2.01. The van der Waals surface area contributed by atoms with E-state index in [1.807, 2.05) is 0 Å². The molecule has 7 heteroatoms. The van der Waals surface area contributed by atoms with Gasteiger partial charge in [-0.05, 0) is 44.2 Å². The minimum absolute atomic E-state index is 0.261. The van der Waals surface area contributed by atoms with E-state index in [0.717, 1.165) is 0 Å². The molecule has 2 N–H and O–H groups in total. The first-order chi connectivity index (χ1) is 11.5. The van der Waals surface area contributed by atoms with E-state index < -0.39 is 6.10 Å². The Hall–Kier alpha value is -2.44. The number of ether oxygens (including phenoxy) is 1. The van der Waals surface area contributed by atoms with Crippen molar-refractivity contribution in [2.45, 2.75) is 20.0 Å². The van der Waals surface area contributed by atoms with Gasteiger partial charge in [-0.25, -0.2) is 0 Å². The van der Waals surface area contributed by atoms with Crippen LogP contribution in [-0.2, 0) is 9.53 Å². The zero-order chi connectivity index (χ0) is 17.5. The molecule has 1 unspecified atom stereocenters. The zero-order valence-electron chi connectivity index (χ0n) is 13.4. The van der Waals surface area contributed by atoms with E-state index in [9.17, 15) is 9.59 Å². The summed E-state index contributed by atoms with van der Waals surface area (Å²) in [5, 5.41) is 5.82. The number of carbonyl (C=O) groups is 2. The van der Waals surface area contributed by atoms with Gasteiger partial charge in [-0.15, -0.1) is 0 Å². The van der Waals surface area contributed by atoms with Gasteiger partial charge in [-0.1, -0.05) is 11.6 Å². The highest BCUT2D eigenvalue weighted by Crippen LogP contribution is 2.22. The number of amides is 2. The maximum Gasteiger partial charge on any atom is 0.257 e. The zero-order valence-corrected chi connectivity index (χ0v) is 14.1. The smallest absolute Gasteiger partial charge is 0.257 e. The van der Waals surface area contributed by atoms with Crippen LogP contribution in [0.5, 0.6) is 0 Å². The topological polar surface area (TPSA) is 80.3 Å². The lowest BCUT2D eigenvalue weighted by Crippen LogP contribution is -2.28. The fraction of sp³-hybridized carbons (Fsp3) is 0.235. The predicted octanol–water partition coefficient (Wildman–Crippen LogP) is 3.35. The Bertz CT molecular complexity index is 722. The van der Waals surface area contributed by atoms with Crippen molar-refractivity contribution in [2.75, 3.05) is 17.2 Å². The van der Waals surface area contributed by atoms with Gasteiger partial charge in [0.05, 0.1) is 11.3 Å². The monoisotopic (exact) mass is 347 g/mol. The van der Waals surface area contributed by atoms with Gasteiger partial charge in [0.2, 0.25) is 0 Å². The Kier molecular flexibility index (Phi) is 6.28. The standard InChI is InChI=1S/C17H18ClN3O3/c1-3-24-11(2)16(22)21-15-5-4-12(18)10-14(15)17(23)20-13-6-8-19-9-7-13/h4-11H,3H2,1-2H3,(H,21,22)(H,19,20,23). The molecule has 1 aromatic heterocycles. The van der Waals surface area contributed by atoms with Crippen molar-refractivity contribution in [3.63, 3.8) is 0 Å². The molecule has 1 aromatic carbocycles. The van der Waals surface area contributed by atoms with Crippen molar-refractivity contribution >= 4 is 34.8 Å². The van der Waals surface area contributed by atoms with Gasteiger partial charge in [0, 0.05) is 29.7 Å². The third-order valence-corrected chi connectivity index (χ3v) is 3.44. The molecule has 0 aliphatic heterocycles. The third-order valence-electron chi connectivity index (χ3n) is 3.21. The fourth-order valence-corrected chi connectivity index (χ4v) is 2.18. The molecule has 2 aromatic rings. The highest BCUT2D eigenvalue weighted by Gasteiger charge is 2.18. The van der Waals surface area contributed by atoms with Crippen LogP contribution < -0.4 is 10.6 Å². The summed E-state index contributed by atoms with van der Waals surface area (Å²) in [6.07, 6.45) is 2.52. The Morgan fingerprint density at radius 3 is 2.58 bits per heavy atom. The van der Waals surface area contributed by atoms with E-state index in [1.54, 1.807) is 50.5 Å². The summed E-state index contributed by atoms with van der Waals surface area (Å²) in [5.41, 5.74) is 1.22. The number of anilines is 2. The van der Waals surface area contributed by atoms with Crippen molar-refractivity contribution < 1.29 is 14.3 Å². The number of aromatic nitrogens is 1. The van der Waals surface area contributed by atoms with E-state index in [2.05, 4.69) is 15.6 Å². The predicted molar refractivity (Wildman–Crippen MR) is 93.4 cm³/mol. The number of carbonyl (C=O) groups excluding carboxylic acids is 2. The Morgan fingerprint density at radius 1 is 1.21 bits per heavy atom. The first-order valence-corrected chi connectivity index (χ1v) is 7.82. The van der Waals surface area contributed by atoms with Crippen LogP contribution in [0.4, 0.5) is 11.4 Å². The lowest BCUT2D eigenvalue weighted by atomic mass is 10.1. The van der Waals surface area contributed by atoms with E-state index in [4.69, 9.17) is 16.3 Å². The van der Waals surface area contributed by atoms with Crippen LogP contribution in [-0.4, -0.2) is 29.5 Å². The summed E-state index contributed by atoms with van der Waals surface area (Å²) in [6.45, 7) is 3.87. The molecular weight excluding hydrogens is 330 g/mol. The molecule has 2 amide bonds. The molecule has 0 radical (unpaired) electrons. The Morgan fingerprint density at radius 2 is 1.92 bits per heavy atom. The lowest BCUT2D eigenvalue weighted by Gasteiger charge is -2.15.